The molecule has 0 amide bonds. The van der Waals surface area contributed by atoms with Crippen molar-refractivity contribution in [1.29, 1.82) is 0 Å². The molecule has 0 bridgehead atoms. The number of benzene rings is 1. The highest BCUT2D eigenvalue weighted by molar-refractivity contribution is 5.72. The molecule has 3 rings (SSSR count). The number of hydrogen-bond acceptors (Lipinski definition) is 2. The van der Waals surface area contributed by atoms with E-state index in [1.807, 2.05) is 41.1 Å². The molecule has 92 valence electrons. The van der Waals surface area contributed by atoms with E-state index in [9.17, 15) is 4.79 Å². The van der Waals surface area contributed by atoms with Crippen molar-refractivity contribution in [2.24, 2.45) is 0 Å². The maximum atomic E-state index is 10.9. The fourth-order valence-electron chi connectivity index (χ4n) is 2.76. The summed E-state index contributed by atoms with van der Waals surface area (Å²) in [5, 5.41) is 4.39. The van der Waals surface area contributed by atoms with Crippen LogP contribution in [-0.2, 0) is 0 Å². The fourth-order valence-corrected chi connectivity index (χ4v) is 2.76. The molecule has 0 aliphatic heterocycles. The van der Waals surface area contributed by atoms with E-state index in [0.717, 1.165) is 12.0 Å². The van der Waals surface area contributed by atoms with Gasteiger partial charge in [-0.25, -0.2) is 4.68 Å². The predicted octanol–water partition coefficient (Wildman–Crippen LogP) is 3.34. The molecule has 18 heavy (non-hydrogen) atoms. The van der Waals surface area contributed by atoms with Crippen molar-refractivity contribution in [2.75, 3.05) is 0 Å². The summed E-state index contributed by atoms with van der Waals surface area (Å²) in [6.07, 6.45) is 5.80. The van der Waals surface area contributed by atoms with Gasteiger partial charge in [0.1, 0.15) is 5.69 Å². The first-order valence-corrected chi connectivity index (χ1v) is 6.49. The average molecular weight is 240 g/mol. The summed E-state index contributed by atoms with van der Waals surface area (Å²) in [5.41, 5.74) is 2.74. The highest BCUT2D eigenvalue weighted by atomic mass is 16.1. The number of carbonyl (C=O) groups excluding carboxylic acids is 1. The summed E-state index contributed by atoms with van der Waals surface area (Å²) in [7, 11) is 0. The number of para-hydroxylation sites is 1. The lowest BCUT2D eigenvalue weighted by atomic mass is 10.0. The van der Waals surface area contributed by atoms with Crippen molar-refractivity contribution in [3.8, 4) is 5.69 Å². The molecule has 0 spiro atoms. The second-order valence-corrected chi connectivity index (χ2v) is 4.84. The highest BCUT2D eigenvalue weighted by Crippen LogP contribution is 2.35. The molecule has 0 N–H and O–H groups in total. The Morgan fingerprint density at radius 1 is 1.17 bits per heavy atom. The maximum Gasteiger partial charge on any atom is 0.170 e. The van der Waals surface area contributed by atoms with Crippen molar-refractivity contribution in [3.63, 3.8) is 0 Å². The van der Waals surface area contributed by atoms with Gasteiger partial charge in [0.05, 0.1) is 5.69 Å². The zero-order valence-electron chi connectivity index (χ0n) is 10.2. The molecule has 0 atom stereocenters. The Hall–Kier alpha value is -1.90. The minimum atomic E-state index is 0.528. The van der Waals surface area contributed by atoms with E-state index in [4.69, 9.17) is 0 Å². The topological polar surface area (TPSA) is 34.9 Å². The Morgan fingerprint density at radius 2 is 1.89 bits per heavy atom. The zero-order chi connectivity index (χ0) is 12.4. The van der Waals surface area contributed by atoms with E-state index in [-0.39, 0.29) is 0 Å². The normalized spacial score (nSPS) is 16.0. The summed E-state index contributed by atoms with van der Waals surface area (Å²) >= 11 is 0. The number of aromatic nitrogens is 2. The van der Waals surface area contributed by atoms with Crippen molar-refractivity contribution in [2.45, 2.75) is 31.6 Å². The molecule has 1 heterocycles. The monoisotopic (exact) mass is 240 g/mol. The highest BCUT2D eigenvalue weighted by Gasteiger charge is 2.22. The summed E-state index contributed by atoms with van der Waals surface area (Å²) in [6.45, 7) is 0. The lowest BCUT2D eigenvalue weighted by Gasteiger charge is -2.12. The lowest BCUT2D eigenvalue weighted by molar-refractivity contribution is 0.111. The fraction of sp³-hybridized carbons (Fsp3) is 0.333. The van der Waals surface area contributed by atoms with E-state index < -0.39 is 0 Å². The van der Waals surface area contributed by atoms with Crippen LogP contribution in [0.2, 0.25) is 0 Å². The van der Waals surface area contributed by atoms with Gasteiger partial charge in [0, 0.05) is 11.6 Å². The van der Waals surface area contributed by atoms with E-state index in [1.54, 1.807) is 0 Å². The molecule has 1 fully saturated rings. The lowest BCUT2D eigenvalue weighted by Crippen LogP contribution is -2.05. The third-order valence-electron chi connectivity index (χ3n) is 3.65. The van der Waals surface area contributed by atoms with Gasteiger partial charge in [-0.05, 0) is 31.0 Å². The first-order valence-electron chi connectivity index (χ1n) is 6.49. The first kappa shape index (κ1) is 11.2. The van der Waals surface area contributed by atoms with Gasteiger partial charge in [0.2, 0.25) is 0 Å². The second kappa shape index (κ2) is 4.77. The van der Waals surface area contributed by atoms with Crippen molar-refractivity contribution < 1.29 is 4.79 Å². The van der Waals surface area contributed by atoms with Crippen molar-refractivity contribution in [3.05, 3.63) is 47.8 Å². The number of nitrogens with zero attached hydrogens (tertiary/aromatic N) is 2. The van der Waals surface area contributed by atoms with Crippen LogP contribution in [0.1, 0.15) is 47.8 Å². The number of carbonyl (C=O) groups is 1. The first-order chi connectivity index (χ1) is 8.88. The molecule has 2 aromatic rings. The molecule has 1 aromatic carbocycles. The molecule has 0 saturated heterocycles. The van der Waals surface area contributed by atoms with Crippen LogP contribution in [0.4, 0.5) is 0 Å². The molecule has 0 radical (unpaired) electrons. The average Bonchev–Trinajstić information content (AvgIpc) is 3.08. The van der Waals surface area contributed by atoms with Crippen LogP contribution >= 0.6 is 0 Å². The Labute approximate surface area is 106 Å². The summed E-state index contributed by atoms with van der Waals surface area (Å²) < 4.78 is 1.93. The van der Waals surface area contributed by atoms with E-state index in [2.05, 4.69) is 5.10 Å². The maximum absolute atomic E-state index is 10.9. The number of hydrogen-bond donors (Lipinski definition) is 0. The van der Waals surface area contributed by atoms with Gasteiger partial charge in [-0.1, -0.05) is 31.0 Å². The summed E-state index contributed by atoms with van der Waals surface area (Å²) in [5.74, 6) is 0.548. The Bertz CT molecular complexity index is 539. The van der Waals surface area contributed by atoms with Crippen LogP contribution in [0.5, 0.6) is 0 Å². The van der Waals surface area contributed by atoms with Gasteiger partial charge in [-0.3, -0.25) is 4.79 Å². The standard InChI is InChI=1S/C15H16N2O/c18-11-13-10-15(12-6-4-5-7-12)17(16-13)14-8-2-1-3-9-14/h1-3,8-12H,4-7H2. The Kier molecular flexibility index (Phi) is 2.97. The minimum absolute atomic E-state index is 0.528. The zero-order valence-corrected chi connectivity index (χ0v) is 10.2. The van der Waals surface area contributed by atoms with Gasteiger partial charge in [-0.2, -0.15) is 5.10 Å². The van der Waals surface area contributed by atoms with Crippen molar-refractivity contribution in [1.82, 2.24) is 9.78 Å². The molecule has 3 heteroatoms. The molecule has 1 aromatic heterocycles. The third kappa shape index (κ3) is 1.96. The second-order valence-electron chi connectivity index (χ2n) is 4.84. The third-order valence-corrected chi connectivity index (χ3v) is 3.65. The Morgan fingerprint density at radius 3 is 2.56 bits per heavy atom. The van der Waals surface area contributed by atoms with Crippen molar-refractivity contribution >= 4 is 6.29 Å². The molecular formula is C15H16N2O. The molecular weight excluding hydrogens is 224 g/mol. The van der Waals surface area contributed by atoms with Crippen LogP contribution in [0, 0.1) is 0 Å². The SMILES string of the molecule is O=Cc1cc(C2CCCC2)n(-c2ccccc2)n1. The van der Waals surface area contributed by atoms with Crippen LogP contribution < -0.4 is 0 Å². The minimum Gasteiger partial charge on any atom is -0.296 e. The van der Waals surface area contributed by atoms with Gasteiger partial charge in [0.25, 0.3) is 0 Å². The van der Waals surface area contributed by atoms with E-state index in [1.165, 1.54) is 31.4 Å². The summed E-state index contributed by atoms with van der Waals surface area (Å²) in [4.78, 5) is 10.9. The smallest absolute Gasteiger partial charge is 0.170 e. The van der Waals surface area contributed by atoms with Crippen LogP contribution in [-0.4, -0.2) is 16.1 Å². The molecule has 1 aliphatic rings. The number of aldehydes is 1. The van der Waals surface area contributed by atoms with Gasteiger partial charge in [-0.15, -0.1) is 0 Å². The van der Waals surface area contributed by atoms with Gasteiger partial charge < -0.3 is 0 Å². The summed E-state index contributed by atoms with van der Waals surface area (Å²) in [6, 6.07) is 12.0. The molecule has 1 saturated carbocycles. The quantitative estimate of drug-likeness (QED) is 0.771. The van der Waals surface area contributed by atoms with Crippen LogP contribution in [0.15, 0.2) is 36.4 Å². The van der Waals surface area contributed by atoms with Gasteiger partial charge >= 0.3 is 0 Å². The van der Waals surface area contributed by atoms with Crippen LogP contribution in [0.25, 0.3) is 5.69 Å². The molecule has 1 aliphatic carbocycles. The molecule has 0 unspecified atom stereocenters. The largest absolute Gasteiger partial charge is 0.296 e. The van der Waals surface area contributed by atoms with E-state index in [0.29, 0.717) is 11.6 Å². The predicted molar refractivity (Wildman–Crippen MR) is 70.2 cm³/mol. The van der Waals surface area contributed by atoms with Gasteiger partial charge in [0.15, 0.2) is 6.29 Å². The molecule has 3 nitrogen and oxygen atoms in total. The van der Waals surface area contributed by atoms with Crippen LogP contribution in [0.3, 0.4) is 0 Å². The number of rotatable bonds is 3. The Balaban J connectivity index is 2.06. The van der Waals surface area contributed by atoms with E-state index >= 15 is 0 Å².